The van der Waals surface area contributed by atoms with Gasteiger partial charge in [0.05, 0.1) is 23.2 Å². The van der Waals surface area contributed by atoms with Crippen LogP contribution in [-0.4, -0.2) is 11.0 Å². The molecule has 0 bridgehead atoms. The molecule has 17 heavy (non-hydrogen) atoms. The standard InChI is InChI=1S/C13H17NO3/c1-10-5-4-8-13(14(15)16)12(10)9-17-11-6-2-3-7-11/h4-5,8,11H,2-3,6-7,9H2,1H3. The molecule has 1 saturated carbocycles. The van der Waals surface area contributed by atoms with Gasteiger partial charge in [-0.1, -0.05) is 25.0 Å². The van der Waals surface area contributed by atoms with Crippen molar-refractivity contribution in [2.45, 2.75) is 45.3 Å². The fraction of sp³-hybridized carbons (Fsp3) is 0.538. The Morgan fingerprint density at radius 1 is 1.41 bits per heavy atom. The highest BCUT2D eigenvalue weighted by molar-refractivity contribution is 5.44. The first-order chi connectivity index (χ1) is 8.18. The Morgan fingerprint density at radius 3 is 2.76 bits per heavy atom. The van der Waals surface area contributed by atoms with Crippen molar-refractivity contribution in [2.24, 2.45) is 0 Å². The summed E-state index contributed by atoms with van der Waals surface area (Å²) in [6, 6.07) is 5.15. The molecule has 1 aromatic carbocycles. The molecule has 1 aliphatic carbocycles. The van der Waals surface area contributed by atoms with Crippen molar-refractivity contribution in [3.05, 3.63) is 39.4 Å². The molecule has 2 rings (SSSR count). The maximum Gasteiger partial charge on any atom is 0.275 e. The van der Waals surface area contributed by atoms with Gasteiger partial charge in [-0.2, -0.15) is 0 Å². The SMILES string of the molecule is Cc1cccc([N+](=O)[O-])c1COC1CCCC1. The number of benzene rings is 1. The summed E-state index contributed by atoms with van der Waals surface area (Å²) in [5, 5.41) is 10.9. The van der Waals surface area contributed by atoms with Crippen molar-refractivity contribution < 1.29 is 9.66 Å². The van der Waals surface area contributed by atoms with Crippen LogP contribution in [0, 0.1) is 17.0 Å². The minimum Gasteiger partial charge on any atom is -0.373 e. The third-order valence-electron chi connectivity index (χ3n) is 3.35. The minimum atomic E-state index is -0.333. The summed E-state index contributed by atoms with van der Waals surface area (Å²) < 4.78 is 5.76. The van der Waals surface area contributed by atoms with E-state index in [1.54, 1.807) is 12.1 Å². The zero-order chi connectivity index (χ0) is 12.3. The predicted molar refractivity (Wildman–Crippen MR) is 64.9 cm³/mol. The van der Waals surface area contributed by atoms with Gasteiger partial charge in [-0.25, -0.2) is 0 Å². The maximum atomic E-state index is 10.9. The van der Waals surface area contributed by atoms with Gasteiger partial charge in [0.1, 0.15) is 0 Å². The first-order valence-corrected chi connectivity index (χ1v) is 6.03. The number of ether oxygens (including phenoxy) is 1. The Labute approximate surface area is 101 Å². The zero-order valence-corrected chi connectivity index (χ0v) is 10.0. The van der Waals surface area contributed by atoms with Gasteiger partial charge in [0, 0.05) is 6.07 Å². The van der Waals surface area contributed by atoms with Crippen molar-refractivity contribution in [3.63, 3.8) is 0 Å². The van der Waals surface area contributed by atoms with Gasteiger partial charge in [-0.3, -0.25) is 10.1 Å². The number of rotatable bonds is 4. The molecule has 0 N–H and O–H groups in total. The molecular weight excluding hydrogens is 218 g/mol. The lowest BCUT2D eigenvalue weighted by Gasteiger charge is -2.12. The van der Waals surface area contributed by atoms with Crippen molar-refractivity contribution in [2.75, 3.05) is 0 Å². The molecule has 0 saturated heterocycles. The highest BCUT2D eigenvalue weighted by Gasteiger charge is 2.19. The number of hydrogen-bond donors (Lipinski definition) is 0. The molecule has 0 spiro atoms. The number of aryl methyl sites for hydroxylation is 1. The molecule has 92 valence electrons. The van der Waals surface area contributed by atoms with Crippen LogP contribution >= 0.6 is 0 Å². The summed E-state index contributed by atoms with van der Waals surface area (Å²) in [6.07, 6.45) is 4.87. The van der Waals surface area contributed by atoms with Crippen LogP contribution < -0.4 is 0 Å². The van der Waals surface area contributed by atoms with E-state index in [-0.39, 0.29) is 16.7 Å². The van der Waals surface area contributed by atoms with E-state index in [0.29, 0.717) is 12.2 Å². The van der Waals surface area contributed by atoms with E-state index < -0.39 is 0 Å². The van der Waals surface area contributed by atoms with Gasteiger partial charge in [0.25, 0.3) is 5.69 Å². The number of hydrogen-bond acceptors (Lipinski definition) is 3. The van der Waals surface area contributed by atoms with Crippen molar-refractivity contribution in [1.82, 2.24) is 0 Å². The van der Waals surface area contributed by atoms with E-state index in [1.807, 2.05) is 13.0 Å². The molecule has 0 atom stereocenters. The second-order valence-corrected chi connectivity index (χ2v) is 4.55. The van der Waals surface area contributed by atoms with Crippen LogP contribution in [0.15, 0.2) is 18.2 Å². The molecule has 1 aromatic rings. The quantitative estimate of drug-likeness (QED) is 0.594. The molecule has 0 aliphatic heterocycles. The molecule has 4 nitrogen and oxygen atoms in total. The van der Waals surface area contributed by atoms with E-state index >= 15 is 0 Å². The molecule has 1 fully saturated rings. The highest BCUT2D eigenvalue weighted by Crippen LogP contribution is 2.26. The maximum absolute atomic E-state index is 10.9. The van der Waals surface area contributed by atoms with Crippen molar-refractivity contribution >= 4 is 5.69 Å². The van der Waals surface area contributed by atoms with E-state index in [4.69, 9.17) is 4.74 Å². The summed E-state index contributed by atoms with van der Waals surface area (Å²) in [5.74, 6) is 0. The van der Waals surface area contributed by atoms with Gasteiger partial charge in [-0.15, -0.1) is 0 Å². The molecule has 0 heterocycles. The van der Waals surface area contributed by atoms with Gasteiger partial charge in [0.15, 0.2) is 0 Å². The van der Waals surface area contributed by atoms with Crippen molar-refractivity contribution in [3.8, 4) is 0 Å². The first kappa shape index (κ1) is 12.0. The van der Waals surface area contributed by atoms with Crippen LogP contribution in [0.4, 0.5) is 5.69 Å². The Kier molecular flexibility index (Phi) is 3.74. The Hall–Kier alpha value is -1.42. The van der Waals surface area contributed by atoms with E-state index in [1.165, 1.54) is 12.8 Å². The summed E-state index contributed by atoms with van der Waals surface area (Å²) in [5.41, 5.74) is 1.81. The van der Waals surface area contributed by atoms with Gasteiger partial charge >= 0.3 is 0 Å². The van der Waals surface area contributed by atoms with Crippen LogP contribution in [0.3, 0.4) is 0 Å². The van der Waals surface area contributed by atoms with Crippen LogP contribution in [0.1, 0.15) is 36.8 Å². The third-order valence-corrected chi connectivity index (χ3v) is 3.35. The molecule has 0 amide bonds. The molecule has 1 aliphatic rings. The van der Waals surface area contributed by atoms with Gasteiger partial charge in [0.2, 0.25) is 0 Å². The lowest BCUT2D eigenvalue weighted by Crippen LogP contribution is -2.09. The zero-order valence-electron chi connectivity index (χ0n) is 10.0. The summed E-state index contributed by atoms with van der Waals surface area (Å²) in [4.78, 5) is 10.6. The summed E-state index contributed by atoms with van der Waals surface area (Å²) in [7, 11) is 0. The van der Waals surface area contributed by atoms with E-state index in [9.17, 15) is 10.1 Å². The monoisotopic (exact) mass is 235 g/mol. The second-order valence-electron chi connectivity index (χ2n) is 4.55. The Morgan fingerprint density at radius 2 is 2.12 bits per heavy atom. The van der Waals surface area contributed by atoms with Crippen LogP contribution in [-0.2, 0) is 11.3 Å². The van der Waals surface area contributed by atoms with Crippen LogP contribution in [0.25, 0.3) is 0 Å². The summed E-state index contributed by atoms with van der Waals surface area (Å²) >= 11 is 0. The number of nitro benzene ring substituents is 1. The molecular formula is C13H17NO3. The average molecular weight is 235 g/mol. The number of nitro groups is 1. The van der Waals surface area contributed by atoms with Gasteiger partial charge in [-0.05, 0) is 25.3 Å². The Balaban J connectivity index is 2.10. The molecule has 4 heteroatoms. The topological polar surface area (TPSA) is 52.4 Å². The van der Waals surface area contributed by atoms with E-state index in [0.717, 1.165) is 18.4 Å². The third kappa shape index (κ3) is 2.82. The van der Waals surface area contributed by atoms with Gasteiger partial charge < -0.3 is 4.74 Å². The number of nitrogens with zero attached hydrogens (tertiary/aromatic N) is 1. The van der Waals surface area contributed by atoms with E-state index in [2.05, 4.69) is 0 Å². The average Bonchev–Trinajstić information content (AvgIpc) is 2.80. The lowest BCUT2D eigenvalue weighted by molar-refractivity contribution is -0.386. The lowest BCUT2D eigenvalue weighted by atomic mass is 10.1. The van der Waals surface area contributed by atoms with Crippen molar-refractivity contribution in [1.29, 1.82) is 0 Å². The molecule has 0 radical (unpaired) electrons. The first-order valence-electron chi connectivity index (χ1n) is 6.03. The van der Waals surface area contributed by atoms with Crippen LogP contribution in [0.5, 0.6) is 0 Å². The Bertz CT molecular complexity index is 411. The fourth-order valence-electron chi connectivity index (χ4n) is 2.30. The van der Waals surface area contributed by atoms with Crippen LogP contribution in [0.2, 0.25) is 0 Å². The smallest absolute Gasteiger partial charge is 0.275 e. The molecule has 0 aromatic heterocycles. The summed E-state index contributed by atoms with van der Waals surface area (Å²) in [6.45, 7) is 2.24. The largest absolute Gasteiger partial charge is 0.373 e. The normalized spacial score (nSPS) is 16.3. The fourth-order valence-corrected chi connectivity index (χ4v) is 2.30. The minimum absolute atomic E-state index is 0.169. The predicted octanol–water partition coefficient (Wildman–Crippen LogP) is 3.36. The highest BCUT2D eigenvalue weighted by atomic mass is 16.6. The molecule has 0 unspecified atom stereocenters. The second kappa shape index (κ2) is 5.27.